The summed E-state index contributed by atoms with van der Waals surface area (Å²) in [6.45, 7) is 0.768. The maximum atomic E-state index is 11.6. The van der Waals surface area contributed by atoms with Gasteiger partial charge in [0.2, 0.25) is 0 Å². The number of rotatable bonds is 5. The molecule has 12 heavy (non-hydrogen) atoms. The van der Waals surface area contributed by atoms with E-state index in [1.165, 1.54) is 0 Å². The highest BCUT2D eigenvalue weighted by atomic mass is 35.5. The lowest BCUT2D eigenvalue weighted by Crippen LogP contribution is -2.20. The maximum absolute atomic E-state index is 11.6. The van der Waals surface area contributed by atoms with Crippen LogP contribution in [-0.2, 0) is 4.74 Å². The fourth-order valence-electron chi connectivity index (χ4n) is 0.613. The van der Waals surface area contributed by atoms with Gasteiger partial charge < -0.3 is 4.74 Å². The summed E-state index contributed by atoms with van der Waals surface area (Å²) in [4.78, 5) is 0. The van der Waals surface area contributed by atoms with Crippen LogP contribution in [0.4, 0.5) is 13.2 Å². The molecule has 0 N–H and O–H groups in total. The van der Waals surface area contributed by atoms with Gasteiger partial charge in [0.1, 0.15) is 6.61 Å². The van der Waals surface area contributed by atoms with Crippen molar-refractivity contribution in [3.8, 4) is 0 Å². The van der Waals surface area contributed by atoms with Crippen molar-refractivity contribution in [2.24, 2.45) is 5.92 Å². The first-order chi connectivity index (χ1) is 5.49. The van der Waals surface area contributed by atoms with Gasteiger partial charge in [-0.3, -0.25) is 0 Å². The van der Waals surface area contributed by atoms with Gasteiger partial charge in [0, 0.05) is 5.88 Å². The Hall–Kier alpha value is 0.0400. The Morgan fingerprint density at radius 3 is 2.33 bits per heavy atom. The Kier molecular flexibility index (Phi) is 5.66. The summed E-state index contributed by atoms with van der Waals surface area (Å²) >= 11 is 5.46. The van der Waals surface area contributed by atoms with Gasteiger partial charge in [-0.05, 0) is 12.3 Å². The molecule has 0 amide bonds. The molecule has 0 aromatic heterocycles. The number of halogens is 4. The van der Waals surface area contributed by atoms with E-state index >= 15 is 0 Å². The van der Waals surface area contributed by atoms with E-state index in [9.17, 15) is 13.2 Å². The van der Waals surface area contributed by atoms with Crippen LogP contribution in [-0.4, -0.2) is 25.3 Å². The van der Waals surface area contributed by atoms with E-state index in [1.54, 1.807) is 0 Å². The van der Waals surface area contributed by atoms with Crippen molar-refractivity contribution in [2.75, 3.05) is 19.1 Å². The van der Waals surface area contributed by atoms with Crippen LogP contribution in [0.15, 0.2) is 0 Å². The first-order valence-corrected chi connectivity index (χ1v) is 4.23. The Morgan fingerprint density at radius 2 is 2.00 bits per heavy atom. The summed E-state index contributed by atoms with van der Waals surface area (Å²) in [5.41, 5.74) is 0. The predicted octanol–water partition coefficient (Wildman–Crippen LogP) is 2.83. The summed E-state index contributed by atoms with van der Waals surface area (Å²) < 4.78 is 39.1. The highest BCUT2D eigenvalue weighted by Gasteiger charge is 2.27. The van der Waals surface area contributed by atoms with Gasteiger partial charge in [-0.15, -0.1) is 11.6 Å². The number of ether oxygens (including phenoxy) is 1. The minimum Gasteiger partial charge on any atom is -0.372 e. The quantitative estimate of drug-likeness (QED) is 0.626. The smallest absolute Gasteiger partial charge is 0.372 e. The van der Waals surface area contributed by atoms with Crippen molar-refractivity contribution in [1.29, 1.82) is 0 Å². The summed E-state index contributed by atoms with van der Waals surface area (Å²) in [5, 5.41) is 0. The van der Waals surface area contributed by atoms with Crippen molar-refractivity contribution >= 4 is 11.6 Å². The zero-order valence-electron chi connectivity index (χ0n) is 6.83. The monoisotopic (exact) mass is 204 g/mol. The molecule has 74 valence electrons. The minimum absolute atomic E-state index is 0.0222. The third-order valence-electron chi connectivity index (χ3n) is 1.41. The Morgan fingerprint density at radius 1 is 1.42 bits per heavy atom. The summed E-state index contributed by atoms with van der Waals surface area (Å²) in [6, 6.07) is 0. The lowest BCUT2D eigenvalue weighted by Gasteiger charge is -2.12. The second kappa shape index (κ2) is 5.65. The third-order valence-corrected chi connectivity index (χ3v) is 1.85. The molecule has 0 radical (unpaired) electrons. The fraction of sp³-hybridized carbons (Fsp3) is 1.00. The first kappa shape index (κ1) is 12.0. The number of hydrogen-bond donors (Lipinski definition) is 0. The lowest BCUT2D eigenvalue weighted by atomic mass is 10.1. The molecule has 0 rings (SSSR count). The molecule has 1 atom stereocenters. The second-order valence-electron chi connectivity index (χ2n) is 2.56. The molecule has 0 aliphatic rings. The molecule has 0 saturated carbocycles. The molecule has 0 fully saturated rings. The molecule has 0 saturated heterocycles. The molecular formula is C7H12ClF3O. The van der Waals surface area contributed by atoms with Crippen molar-refractivity contribution in [1.82, 2.24) is 0 Å². The number of alkyl halides is 4. The van der Waals surface area contributed by atoms with E-state index < -0.39 is 12.8 Å². The Bertz CT molecular complexity index is 112. The van der Waals surface area contributed by atoms with Crippen LogP contribution < -0.4 is 0 Å². The van der Waals surface area contributed by atoms with E-state index in [0.29, 0.717) is 5.88 Å². The van der Waals surface area contributed by atoms with Crippen molar-refractivity contribution in [3.05, 3.63) is 0 Å². The van der Waals surface area contributed by atoms with E-state index in [1.807, 2.05) is 6.92 Å². The van der Waals surface area contributed by atoms with E-state index in [4.69, 9.17) is 11.6 Å². The van der Waals surface area contributed by atoms with Gasteiger partial charge in [-0.25, -0.2) is 0 Å². The van der Waals surface area contributed by atoms with Crippen LogP contribution in [0.5, 0.6) is 0 Å². The summed E-state index contributed by atoms with van der Waals surface area (Å²) in [6.07, 6.45) is -3.49. The highest BCUT2D eigenvalue weighted by Crippen LogP contribution is 2.15. The molecule has 1 nitrogen and oxygen atoms in total. The average molecular weight is 205 g/mol. The normalized spacial score (nSPS) is 14.8. The van der Waals surface area contributed by atoms with Crippen LogP contribution in [0.3, 0.4) is 0 Å². The van der Waals surface area contributed by atoms with Crippen molar-refractivity contribution < 1.29 is 17.9 Å². The van der Waals surface area contributed by atoms with Gasteiger partial charge in [-0.1, -0.05) is 6.92 Å². The molecule has 0 aromatic rings. The van der Waals surface area contributed by atoms with Crippen molar-refractivity contribution in [2.45, 2.75) is 19.5 Å². The molecule has 1 unspecified atom stereocenters. The van der Waals surface area contributed by atoms with Crippen molar-refractivity contribution in [3.63, 3.8) is 0 Å². The second-order valence-corrected chi connectivity index (χ2v) is 2.87. The minimum atomic E-state index is -4.23. The molecule has 0 spiro atoms. The molecular weight excluding hydrogens is 193 g/mol. The van der Waals surface area contributed by atoms with Crippen LogP contribution in [0.25, 0.3) is 0 Å². The Labute approximate surface area is 74.8 Å². The van der Waals surface area contributed by atoms with Crippen LogP contribution in [0.1, 0.15) is 13.3 Å². The molecule has 0 bridgehead atoms. The first-order valence-electron chi connectivity index (χ1n) is 3.70. The topological polar surface area (TPSA) is 9.23 Å². The SMILES string of the molecule is CCC(CCl)COCC(F)(F)F. The molecule has 0 aliphatic heterocycles. The highest BCUT2D eigenvalue weighted by molar-refractivity contribution is 6.18. The maximum Gasteiger partial charge on any atom is 0.411 e. The number of hydrogen-bond acceptors (Lipinski definition) is 1. The largest absolute Gasteiger partial charge is 0.411 e. The molecule has 0 heterocycles. The summed E-state index contributed by atoms with van der Waals surface area (Å²) in [7, 11) is 0. The Balaban J connectivity index is 3.41. The van der Waals surface area contributed by atoms with Crippen LogP contribution >= 0.6 is 11.6 Å². The van der Waals surface area contributed by atoms with Gasteiger partial charge in [0.25, 0.3) is 0 Å². The molecule has 0 aromatic carbocycles. The zero-order valence-corrected chi connectivity index (χ0v) is 7.58. The standard InChI is InChI=1S/C7H12ClF3O/c1-2-6(3-8)4-12-5-7(9,10)11/h6H,2-5H2,1H3. The van der Waals surface area contributed by atoms with Gasteiger partial charge in [0.05, 0.1) is 6.61 Å². The molecule has 0 aliphatic carbocycles. The predicted molar refractivity (Wildman–Crippen MR) is 41.4 cm³/mol. The van der Waals surface area contributed by atoms with E-state index in [-0.39, 0.29) is 12.5 Å². The lowest BCUT2D eigenvalue weighted by molar-refractivity contribution is -0.176. The third kappa shape index (κ3) is 6.73. The summed E-state index contributed by atoms with van der Waals surface area (Å²) in [5.74, 6) is 0.364. The van der Waals surface area contributed by atoms with Crippen LogP contribution in [0, 0.1) is 5.92 Å². The average Bonchev–Trinajstić information content (AvgIpc) is 1.96. The van der Waals surface area contributed by atoms with E-state index in [2.05, 4.69) is 4.74 Å². The fourth-order valence-corrected chi connectivity index (χ4v) is 0.920. The molecule has 5 heteroatoms. The zero-order chi connectivity index (χ0) is 9.61. The van der Waals surface area contributed by atoms with Gasteiger partial charge in [-0.2, -0.15) is 13.2 Å². The van der Waals surface area contributed by atoms with Crippen LogP contribution in [0.2, 0.25) is 0 Å². The van der Waals surface area contributed by atoms with Gasteiger partial charge >= 0.3 is 6.18 Å². The van der Waals surface area contributed by atoms with E-state index in [0.717, 1.165) is 6.42 Å². The van der Waals surface area contributed by atoms with Gasteiger partial charge in [0.15, 0.2) is 0 Å².